The molecule has 0 spiro atoms. The van der Waals surface area contributed by atoms with Crippen LogP contribution in [0.2, 0.25) is 0 Å². The maximum absolute atomic E-state index is 2.56. The van der Waals surface area contributed by atoms with Crippen molar-refractivity contribution in [3.05, 3.63) is 205 Å². The number of quaternary nitrogens is 4. The van der Waals surface area contributed by atoms with Crippen LogP contribution in [-0.2, 0) is 11.1 Å². The SMILES string of the molecule is CC(C)(c1ccc(N(c2ccc3c(c2)-c2ccccc2[NH2+]3)C(C)(C)c2ccc3c(c2)-c2ccccc2[NH2+]3)cc1)N(c1ccc2c(c1)-c1ccccc1[NH2+]2)c1ccc2c(c1)-c1ccccc1[NH2+]2. The highest BCUT2D eigenvalue weighted by Crippen LogP contribution is 2.49. The second kappa shape index (κ2) is 14.5. The zero-order chi connectivity index (χ0) is 44.3. The fraction of sp³-hybridized carbons (Fsp3) is 0.100. The number of rotatable bonds is 8. The summed E-state index contributed by atoms with van der Waals surface area (Å²) in [6.07, 6.45) is 0. The molecule has 0 fully saturated rings. The maximum atomic E-state index is 2.56. The van der Waals surface area contributed by atoms with Gasteiger partial charge in [0.2, 0.25) is 0 Å². The number of hydrogen-bond donors (Lipinski definition) is 4. The van der Waals surface area contributed by atoms with Crippen LogP contribution in [0.15, 0.2) is 194 Å². The molecule has 0 saturated heterocycles. The number of anilines is 4. The molecule has 4 heterocycles. The second-order valence-corrected chi connectivity index (χ2v) is 19.4. The van der Waals surface area contributed by atoms with E-state index in [0.29, 0.717) is 0 Å². The molecule has 0 amide bonds. The van der Waals surface area contributed by atoms with Gasteiger partial charge in [0.1, 0.15) is 45.5 Å². The van der Waals surface area contributed by atoms with Crippen molar-refractivity contribution in [2.45, 2.75) is 38.8 Å². The van der Waals surface area contributed by atoms with Crippen molar-refractivity contribution >= 4 is 68.2 Å². The van der Waals surface area contributed by atoms with Gasteiger partial charge in [0, 0.05) is 99.1 Å². The minimum atomic E-state index is -0.456. The van der Waals surface area contributed by atoms with Crippen molar-refractivity contribution in [3.63, 3.8) is 0 Å². The van der Waals surface area contributed by atoms with Crippen LogP contribution >= 0.6 is 0 Å². The summed E-state index contributed by atoms with van der Waals surface area (Å²) in [4.78, 5) is 5.11. The lowest BCUT2D eigenvalue weighted by molar-refractivity contribution is -0.473. The minimum absolute atomic E-state index is 0.429. The molecule has 4 aliphatic rings. The average molecular weight is 857 g/mol. The summed E-state index contributed by atoms with van der Waals surface area (Å²) in [5.41, 5.74) is 26.7. The Morgan fingerprint density at radius 2 is 0.530 bits per heavy atom. The molecule has 9 aromatic carbocycles. The van der Waals surface area contributed by atoms with Gasteiger partial charge in [-0.1, -0.05) is 66.7 Å². The van der Waals surface area contributed by atoms with Gasteiger partial charge in [0.15, 0.2) is 0 Å². The van der Waals surface area contributed by atoms with Crippen LogP contribution in [0.25, 0.3) is 44.5 Å². The highest BCUT2D eigenvalue weighted by molar-refractivity contribution is 5.92. The van der Waals surface area contributed by atoms with Gasteiger partial charge in [-0.2, -0.15) is 0 Å². The molecule has 0 aliphatic carbocycles. The van der Waals surface area contributed by atoms with Crippen molar-refractivity contribution in [1.29, 1.82) is 0 Å². The van der Waals surface area contributed by atoms with Crippen LogP contribution in [0.4, 0.5) is 68.2 Å². The lowest BCUT2D eigenvalue weighted by atomic mass is 9.87. The fourth-order valence-corrected chi connectivity index (χ4v) is 11.4. The van der Waals surface area contributed by atoms with E-state index in [9.17, 15) is 0 Å². The largest absolute Gasteiger partial charge is 0.332 e. The predicted molar refractivity (Wildman–Crippen MR) is 269 cm³/mol. The molecule has 9 aromatic rings. The zero-order valence-corrected chi connectivity index (χ0v) is 37.7. The highest BCUT2D eigenvalue weighted by Gasteiger charge is 2.38. The minimum Gasteiger partial charge on any atom is -0.332 e. The van der Waals surface area contributed by atoms with Crippen molar-refractivity contribution in [2.75, 3.05) is 9.80 Å². The second-order valence-electron chi connectivity index (χ2n) is 19.4. The third-order valence-electron chi connectivity index (χ3n) is 14.8. The van der Waals surface area contributed by atoms with Gasteiger partial charge in [0.25, 0.3) is 0 Å². The fourth-order valence-electron chi connectivity index (χ4n) is 11.4. The average Bonchev–Trinajstić information content (AvgIpc) is 4.11. The first-order chi connectivity index (χ1) is 32.2. The van der Waals surface area contributed by atoms with Crippen LogP contribution in [0.3, 0.4) is 0 Å². The van der Waals surface area contributed by atoms with Gasteiger partial charge >= 0.3 is 0 Å². The van der Waals surface area contributed by atoms with E-state index in [2.05, 4.69) is 253 Å². The first kappa shape index (κ1) is 38.8. The Bertz CT molecular complexity index is 3360. The van der Waals surface area contributed by atoms with Gasteiger partial charge in [0.05, 0.1) is 27.8 Å². The van der Waals surface area contributed by atoms with Crippen LogP contribution < -0.4 is 31.1 Å². The summed E-state index contributed by atoms with van der Waals surface area (Å²) in [5, 5.41) is 9.26. The molecule has 8 N–H and O–H groups in total. The van der Waals surface area contributed by atoms with Crippen molar-refractivity contribution in [3.8, 4) is 44.5 Å². The van der Waals surface area contributed by atoms with E-state index >= 15 is 0 Å². The summed E-state index contributed by atoms with van der Waals surface area (Å²) < 4.78 is 0. The van der Waals surface area contributed by atoms with Crippen molar-refractivity contribution < 1.29 is 21.3 Å². The number of para-hydroxylation sites is 4. The summed E-state index contributed by atoms with van der Waals surface area (Å²) in [5.74, 6) is 0. The topological polar surface area (TPSA) is 72.9 Å². The summed E-state index contributed by atoms with van der Waals surface area (Å²) in [6.45, 7) is 9.49. The van der Waals surface area contributed by atoms with E-state index in [1.54, 1.807) is 0 Å². The zero-order valence-electron chi connectivity index (χ0n) is 37.7. The molecular weight excluding hydrogens is 805 g/mol. The summed E-state index contributed by atoms with van der Waals surface area (Å²) in [6, 6.07) is 72.6. The molecular formula is C60H52N6+4. The Morgan fingerprint density at radius 3 is 0.924 bits per heavy atom. The Morgan fingerprint density at radius 1 is 0.258 bits per heavy atom. The van der Waals surface area contributed by atoms with Gasteiger partial charge in [-0.15, -0.1) is 0 Å². The van der Waals surface area contributed by atoms with Gasteiger partial charge < -0.3 is 9.80 Å². The molecule has 318 valence electrons. The number of benzene rings is 9. The first-order valence-electron chi connectivity index (χ1n) is 23.2. The summed E-state index contributed by atoms with van der Waals surface area (Å²) >= 11 is 0. The molecule has 0 bridgehead atoms. The van der Waals surface area contributed by atoms with Crippen LogP contribution in [0.5, 0.6) is 0 Å². The van der Waals surface area contributed by atoms with Gasteiger partial charge in [-0.3, -0.25) is 21.3 Å². The Balaban J connectivity index is 0.936. The molecule has 0 radical (unpaired) electrons. The summed E-state index contributed by atoms with van der Waals surface area (Å²) in [7, 11) is 0. The lowest BCUT2D eigenvalue weighted by Crippen LogP contribution is -2.69. The molecule has 0 unspecified atom stereocenters. The van der Waals surface area contributed by atoms with Crippen LogP contribution in [0.1, 0.15) is 38.8 Å². The molecule has 6 nitrogen and oxygen atoms in total. The molecule has 0 saturated carbocycles. The number of hydrogen-bond acceptors (Lipinski definition) is 2. The lowest BCUT2D eigenvalue weighted by Gasteiger charge is -2.43. The van der Waals surface area contributed by atoms with E-state index in [0.717, 1.165) is 22.7 Å². The van der Waals surface area contributed by atoms with E-state index in [-0.39, 0.29) is 0 Å². The van der Waals surface area contributed by atoms with E-state index in [4.69, 9.17) is 0 Å². The van der Waals surface area contributed by atoms with E-state index in [1.165, 1.54) is 101 Å². The molecule has 0 atom stereocenters. The number of nitrogens with two attached hydrogens (primary N) is 4. The quantitative estimate of drug-likeness (QED) is 0.115. The predicted octanol–water partition coefficient (Wildman–Crippen LogP) is 11.9. The Labute approximate surface area is 386 Å². The highest BCUT2D eigenvalue weighted by atomic mass is 15.2. The number of fused-ring (bicyclic) bond motifs is 12. The van der Waals surface area contributed by atoms with E-state index in [1.807, 2.05) is 0 Å². The van der Waals surface area contributed by atoms with Gasteiger partial charge in [-0.25, -0.2) is 0 Å². The third kappa shape index (κ3) is 5.97. The molecule has 13 rings (SSSR count). The first-order valence-corrected chi connectivity index (χ1v) is 23.2. The van der Waals surface area contributed by atoms with Crippen LogP contribution in [-0.4, -0.2) is 0 Å². The molecule has 66 heavy (non-hydrogen) atoms. The Hall–Kier alpha value is -7.58. The monoisotopic (exact) mass is 856 g/mol. The molecule has 4 aliphatic heterocycles. The third-order valence-corrected chi connectivity index (χ3v) is 14.8. The smallest absolute Gasteiger partial charge is 0.142 e. The normalized spacial score (nSPS) is 13.5. The van der Waals surface area contributed by atoms with E-state index < -0.39 is 11.1 Å². The van der Waals surface area contributed by atoms with Crippen LogP contribution in [0, 0.1) is 0 Å². The van der Waals surface area contributed by atoms with Crippen molar-refractivity contribution in [2.24, 2.45) is 0 Å². The molecule has 6 heteroatoms. The Kier molecular flexibility index (Phi) is 8.51. The number of nitrogens with zero attached hydrogens (tertiary/aromatic N) is 2. The van der Waals surface area contributed by atoms with Crippen molar-refractivity contribution in [1.82, 2.24) is 0 Å². The standard InChI is InChI=1S/C60H48N6/c1-59(2,66(41-27-31-57-49(35-41)45-15-7-11-19-53(45)63-57)42-28-32-58-50(36-42)46-16-8-12-20-54(46)64-58)37-21-24-39(25-22-37)65(40-26-30-56-48(34-40)44-14-6-10-18-52(44)62-56)60(3,4)38-23-29-55-47(33-38)43-13-5-9-17-51(43)61-55/h5-36,61-64H,1-4H3/p+4. The van der Waals surface area contributed by atoms with Gasteiger partial charge in [-0.05, 0) is 118 Å². The molecule has 0 aromatic heterocycles. The maximum Gasteiger partial charge on any atom is 0.142 e.